The van der Waals surface area contributed by atoms with Crippen LogP contribution < -0.4 is 9.47 Å². The molecule has 2 rings (SSSR count). The molecule has 0 saturated carbocycles. The van der Waals surface area contributed by atoms with E-state index < -0.39 is 0 Å². The molecule has 0 fully saturated rings. The Morgan fingerprint density at radius 1 is 1.37 bits per heavy atom. The molecule has 0 N–H and O–H groups in total. The van der Waals surface area contributed by atoms with Crippen LogP contribution in [0.15, 0.2) is 34.1 Å². The van der Waals surface area contributed by atoms with Gasteiger partial charge in [-0.2, -0.15) is 0 Å². The van der Waals surface area contributed by atoms with Gasteiger partial charge in [0.25, 0.3) is 0 Å². The number of ether oxygens (including phenoxy) is 2. The molecule has 0 spiro atoms. The van der Waals surface area contributed by atoms with Gasteiger partial charge in [0, 0.05) is 17.0 Å². The molecule has 1 aromatic carbocycles. The Morgan fingerprint density at radius 3 is 2.74 bits per heavy atom. The lowest BCUT2D eigenvalue weighted by molar-refractivity contribution is 0.104. The third-order valence-corrected chi connectivity index (χ3v) is 4.06. The van der Waals surface area contributed by atoms with Crippen molar-refractivity contribution in [2.24, 2.45) is 0 Å². The number of benzene rings is 1. The van der Waals surface area contributed by atoms with Crippen LogP contribution >= 0.6 is 27.3 Å². The van der Waals surface area contributed by atoms with Crippen molar-refractivity contribution < 1.29 is 14.3 Å². The molecule has 0 atom stereocenters. The van der Waals surface area contributed by atoms with Crippen molar-refractivity contribution in [1.29, 1.82) is 0 Å². The summed E-state index contributed by atoms with van der Waals surface area (Å²) in [6, 6.07) is 7.09. The Morgan fingerprint density at radius 2 is 2.16 bits per heavy atom. The normalized spacial score (nSPS) is 10.3. The molecule has 19 heavy (non-hydrogen) atoms. The van der Waals surface area contributed by atoms with Crippen molar-refractivity contribution in [3.05, 3.63) is 44.6 Å². The molecular weight excluding hydrogens is 328 g/mol. The molecule has 0 saturated heterocycles. The zero-order valence-corrected chi connectivity index (χ0v) is 13.0. The molecule has 0 amide bonds. The lowest BCUT2D eigenvalue weighted by Gasteiger charge is -2.06. The maximum absolute atomic E-state index is 12.3. The van der Waals surface area contributed by atoms with Gasteiger partial charge in [-0.3, -0.25) is 4.79 Å². The summed E-state index contributed by atoms with van der Waals surface area (Å²) in [4.78, 5) is 13.0. The Kier molecular flexibility index (Phi) is 4.61. The Labute approximate surface area is 124 Å². The number of carbonyl (C=O) groups excluding carboxylic acids is 1. The van der Waals surface area contributed by atoms with Crippen LogP contribution in [0, 0.1) is 0 Å². The van der Waals surface area contributed by atoms with Crippen LogP contribution in [0.25, 0.3) is 0 Å². The highest BCUT2D eigenvalue weighted by Gasteiger charge is 2.14. The summed E-state index contributed by atoms with van der Waals surface area (Å²) in [7, 11) is 1.59. The first kappa shape index (κ1) is 14.1. The molecular formula is C14H13BrO3S. The third kappa shape index (κ3) is 3.16. The van der Waals surface area contributed by atoms with E-state index in [0.29, 0.717) is 22.8 Å². The van der Waals surface area contributed by atoms with Gasteiger partial charge in [-0.05, 0) is 41.1 Å². The second kappa shape index (κ2) is 6.21. The summed E-state index contributed by atoms with van der Waals surface area (Å²) in [5, 5.41) is 1.82. The van der Waals surface area contributed by atoms with Gasteiger partial charge in [0.05, 0.1) is 23.1 Å². The predicted molar refractivity (Wildman–Crippen MR) is 79.6 cm³/mol. The fraction of sp³-hybridized carbons (Fsp3) is 0.214. The van der Waals surface area contributed by atoms with Gasteiger partial charge >= 0.3 is 0 Å². The highest BCUT2D eigenvalue weighted by molar-refractivity contribution is 9.10. The number of hydrogen-bond acceptors (Lipinski definition) is 4. The Balaban J connectivity index is 2.26. The molecule has 0 aliphatic heterocycles. The molecule has 0 aliphatic rings. The predicted octanol–water partition coefficient (Wildman–Crippen LogP) is 4.15. The molecule has 5 heteroatoms. The zero-order chi connectivity index (χ0) is 13.8. The maximum atomic E-state index is 12.3. The topological polar surface area (TPSA) is 35.5 Å². The number of hydrogen-bond donors (Lipinski definition) is 0. The summed E-state index contributed by atoms with van der Waals surface area (Å²) < 4.78 is 11.3. The first-order valence-electron chi connectivity index (χ1n) is 5.75. The van der Waals surface area contributed by atoms with Crippen LogP contribution in [0.1, 0.15) is 22.2 Å². The molecule has 0 bridgehead atoms. The van der Waals surface area contributed by atoms with Crippen molar-refractivity contribution in [3.63, 3.8) is 0 Å². The average Bonchev–Trinajstić information content (AvgIpc) is 2.89. The van der Waals surface area contributed by atoms with Gasteiger partial charge in [0.15, 0.2) is 0 Å². The van der Waals surface area contributed by atoms with Gasteiger partial charge in [0.2, 0.25) is 5.78 Å². The summed E-state index contributed by atoms with van der Waals surface area (Å²) in [6.45, 7) is 2.51. The van der Waals surface area contributed by atoms with Crippen molar-refractivity contribution in [1.82, 2.24) is 0 Å². The van der Waals surface area contributed by atoms with E-state index in [9.17, 15) is 4.79 Å². The number of carbonyl (C=O) groups is 1. The molecule has 0 unspecified atom stereocenters. The van der Waals surface area contributed by atoms with Gasteiger partial charge in [-0.25, -0.2) is 0 Å². The lowest BCUT2D eigenvalue weighted by Crippen LogP contribution is -2.00. The molecule has 3 nitrogen and oxygen atoms in total. The van der Waals surface area contributed by atoms with Crippen LogP contribution in [-0.2, 0) is 0 Å². The molecule has 2 aromatic rings. The number of methoxy groups -OCH3 is 1. The van der Waals surface area contributed by atoms with Crippen molar-refractivity contribution in [2.75, 3.05) is 13.7 Å². The summed E-state index contributed by atoms with van der Waals surface area (Å²) >= 11 is 4.79. The quantitative estimate of drug-likeness (QED) is 0.767. The summed E-state index contributed by atoms with van der Waals surface area (Å²) in [5.41, 5.74) is 0.625. The summed E-state index contributed by atoms with van der Waals surface area (Å²) in [5.74, 6) is 1.43. The largest absolute Gasteiger partial charge is 0.496 e. The van der Waals surface area contributed by atoms with E-state index in [0.717, 1.165) is 10.2 Å². The minimum Gasteiger partial charge on any atom is -0.496 e. The highest BCUT2D eigenvalue weighted by atomic mass is 79.9. The van der Waals surface area contributed by atoms with Crippen LogP contribution in [0.5, 0.6) is 11.5 Å². The number of halogens is 1. The van der Waals surface area contributed by atoms with E-state index in [-0.39, 0.29) is 5.78 Å². The highest BCUT2D eigenvalue weighted by Crippen LogP contribution is 2.29. The van der Waals surface area contributed by atoms with Gasteiger partial charge < -0.3 is 9.47 Å². The molecule has 100 valence electrons. The first-order valence-corrected chi connectivity index (χ1v) is 7.42. The van der Waals surface area contributed by atoms with Crippen molar-refractivity contribution in [2.45, 2.75) is 6.92 Å². The Hall–Kier alpha value is -1.33. The van der Waals surface area contributed by atoms with Gasteiger partial charge in [0.1, 0.15) is 11.5 Å². The van der Waals surface area contributed by atoms with Crippen LogP contribution in [0.4, 0.5) is 0 Å². The smallest absolute Gasteiger partial charge is 0.203 e. The third-order valence-electron chi connectivity index (χ3n) is 2.53. The number of ketones is 1. The Bertz CT molecular complexity index is 592. The number of thiophene rings is 1. The van der Waals surface area contributed by atoms with E-state index in [2.05, 4.69) is 15.9 Å². The molecule has 1 aromatic heterocycles. The van der Waals surface area contributed by atoms with Crippen LogP contribution in [0.3, 0.4) is 0 Å². The van der Waals surface area contributed by atoms with Crippen molar-refractivity contribution >= 4 is 33.0 Å². The van der Waals surface area contributed by atoms with E-state index in [4.69, 9.17) is 9.47 Å². The SMILES string of the molecule is CCOc1ccc(C(=O)c2cc(OC)cs2)cc1Br. The second-order valence-corrected chi connectivity index (χ2v) is 5.52. The standard InChI is InChI=1S/C14H13BrO3S/c1-3-18-12-5-4-9(6-11(12)15)14(16)13-7-10(17-2)8-19-13/h4-8H,3H2,1-2H3. The average molecular weight is 341 g/mol. The lowest BCUT2D eigenvalue weighted by atomic mass is 10.1. The van der Waals surface area contributed by atoms with Gasteiger partial charge in [-0.1, -0.05) is 0 Å². The minimum atomic E-state index is -0.0166. The van der Waals surface area contributed by atoms with E-state index in [1.54, 1.807) is 31.4 Å². The van der Waals surface area contributed by atoms with Crippen LogP contribution in [0.2, 0.25) is 0 Å². The molecule has 1 heterocycles. The van der Waals surface area contributed by atoms with E-state index in [1.165, 1.54) is 11.3 Å². The fourth-order valence-electron chi connectivity index (χ4n) is 1.60. The van der Waals surface area contributed by atoms with E-state index in [1.807, 2.05) is 12.3 Å². The number of rotatable bonds is 5. The fourth-order valence-corrected chi connectivity index (χ4v) is 2.91. The molecule has 0 aliphatic carbocycles. The monoisotopic (exact) mass is 340 g/mol. The molecule has 0 radical (unpaired) electrons. The van der Waals surface area contributed by atoms with Gasteiger partial charge in [-0.15, -0.1) is 11.3 Å². The summed E-state index contributed by atoms with van der Waals surface area (Å²) in [6.07, 6.45) is 0. The zero-order valence-electron chi connectivity index (χ0n) is 10.6. The first-order chi connectivity index (χ1) is 9.15. The minimum absolute atomic E-state index is 0.0166. The second-order valence-electron chi connectivity index (χ2n) is 3.76. The van der Waals surface area contributed by atoms with Crippen molar-refractivity contribution in [3.8, 4) is 11.5 Å². The van der Waals surface area contributed by atoms with Crippen LogP contribution in [-0.4, -0.2) is 19.5 Å². The van der Waals surface area contributed by atoms with E-state index >= 15 is 0 Å². The maximum Gasteiger partial charge on any atom is 0.203 e.